The number of benzene rings is 1. The zero-order valence-electron chi connectivity index (χ0n) is 24.0. The Kier molecular flexibility index (Phi) is 10.6. The highest BCUT2D eigenvalue weighted by molar-refractivity contribution is 7.89. The van der Waals surface area contributed by atoms with Crippen molar-refractivity contribution < 1.29 is 32.6 Å². The van der Waals surface area contributed by atoms with Crippen molar-refractivity contribution in [2.45, 2.75) is 70.2 Å². The van der Waals surface area contributed by atoms with Gasteiger partial charge in [-0.1, -0.05) is 37.6 Å². The first-order chi connectivity index (χ1) is 19.2. The summed E-state index contributed by atoms with van der Waals surface area (Å²) >= 11 is 0. The second-order valence-corrected chi connectivity index (χ2v) is 12.4. The van der Waals surface area contributed by atoms with E-state index in [1.165, 1.54) is 0 Å². The average molecular weight is 590 g/mol. The third-order valence-corrected chi connectivity index (χ3v) is 8.72. The number of pyridine rings is 1. The maximum Gasteiger partial charge on any atom is 0.323 e. The van der Waals surface area contributed by atoms with Crippen molar-refractivity contribution in [1.29, 1.82) is 0 Å². The zero-order valence-corrected chi connectivity index (χ0v) is 24.8. The molecule has 1 fully saturated rings. The molecule has 0 aliphatic carbocycles. The average Bonchev–Trinajstić information content (AvgIpc) is 3.32. The highest BCUT2D eigenvalue weighted by Gasteiger charge is 2.40. The molecule has 1 aliphatic heterocycles. The van der Waals surface area contributed by atoms with Crippen LogP contribution in [0, 0.1) is 26.7 Å². The second-order valence-electron chi connectivity index (χ2n) is 10.7. The van der Waals surface area contributed by atoms with Crippen molar-refractivity contribution >= 4 is 27.8 Å². The monoisotopic (exact) mass is 589 g/mol. The van der Waals surface area contributed by atoms with Crippen LogP contribution in [0.2, 0.25) is 0 Å². The van der Waals surface area contributed by atoms with Crippen LogP contribution in [0.5, 0.6) is 0 Å². The summed E-state index contributed by atoms with van der Waals surface area (Å²) in [5.41, 5.74) is 8.96. The van der Waals surface area contributed by atoms with E-state index < -0.39 is 53.2 Å². The normalized spacial score (nSPS) is 18.8. The molecule has 4 atom stereocenters. The minimum Gasteiger partial charge on any atom is -0.480 e. The molecule has 0 bridgehead atoms. The number of nitrogens with one attached hydrogen (secondary N) is 2. The third-order valence-electron chi connectivity index (χ3n) is 6.95. The minimum absolute atomic E-state index is 0.00390. The molecule has 224 valence electrons. The van der Waals surface area contributed by atoms with Crippen LogP contribution in [0.4, 0.5) is 0 Å². The molecule has 0 radical (unpaired) electrons. The van der Waals surface area contributed by atoms with E-state index in [2.05, 4.69) is 15.0 Å². The second kappa shape index (κ2) is 13.5. The van der Waals surface area contributed by atoms with Gasteiger partial charge in [-0.3, -0.25) is 19.4 Å². The van der Waals surface area contributed by atoms with Gasteiger partial charge in [0.25, 0.3) is 0 Å². The number of nitrogens with two attached hydrogens (primary N) is 1. The van der Waals surface area contributed by atoms with Crippen molar-refractivity contribution in [2.24, 2.45) is 11.7 Å². The Balaban J connectivity index is 1.60. The van der Waals surface area contributed by atoms with Gasteiger partial charge in [-0.2, -0.15) is 4.72 Å². The number of aromatic nitrogens is 1. The van der Waals surface area contributed by atoms with Crippen LogP contribution in [-0.4, -0.2) is 79.1 Å². The van der Waals surface area contributed by atoms with Crippen LogP contribution in [0.1, 0.15) is 48.7 Å². The van der Waals surface area contributed by atoms with E-state index in [0.29, 0.717) is 23.2 Å². The summed E-state index contributed by atoms with van der Waals surface area (Å²) in [6, 6.07) is 6.24. The zero-order chi connectivity index (χ0) is 30.5. The Hall–Kier alpha value is -3.39. The number of amides is 2. The summed E-state index contributed by atoms with van der Waals surface area (Å²) in [6.45, 7) is 8.03. The number of carboxylic acid groups (broad SMARTS) is 1. The lowest BCUT2D eigenvalue weighted by Gasteiger charge is -2.30. The topological polar surface area (TPSA) is 181 Å². The Labute approximate surface area is 240 Å². The van der Waals surface area contributed by atoms with Crippen LogP contribution in [-0.2, 0) is 29.1 Å². The Morgan fingerprint density at radius 1 is 1.17 bits per heavy atom. The molecule has 13 heteroatoms. The number of likely N-dealkylation sites (tertiary alicyclic amines) is 1. The molecule has 2 aromatic rings. The molecular formula is C28H39N5O7S. The number of aliphatic carboxylic acids is 1. The first kappa shape index (κ1) is 32.1. The Morgan fingerprint density at radius 3 is 2.39 bits per heavy atom. The molecule has 1 aromatic heterocycles. The molecule has 3 rings (SSSR count). The number of hydrogen-bond donors (Lipinski definition) is 4. The van der Waals surface area contributed by atoms with Crippen molar-refractivity contribution in [2.75, 3.05) is 19.7 Å². The van der Waals surface area contributed by atoms with E-state index in [0.717, 1.165) is 5.56 Å². The summed E-state index contributed by atoms with van der Waals surface area (Å²) in [5, 5.41) is 12.0. The molecule has 41 heavy (non-hydrogen) atoms. The van der Waals surface area contributed by atoms with Crippen molar-refractivity contribution in [3.05, 3.63) is 58.9 Å². The number of carbonyl (C=O) groups excluding carboxylic acids is 2. The predicted octanol–water partition coefficient (Wildman–Crippen LogP) is 1.20. The van der Waals surface area contributed by atoms with E-state index >= 15 is 0 Å². The highest BCUT2D eigenvalue weighted by Crippen LogP contribution is 2.30. The fraction of sp³-hybridized carbons (Fsp3) is 0.500. The Morgan fingerprint density at radius 2 is 1.83 bits per heavy atom. The predicted molar refractivity (Wildman–Crippen MR) is 151 cm³/mol. The van der Waals surface area contributed by atoms with Gasteiger partial charge in [-0.25, -0.2) is 8.42 Å². The lowest BCUT2D eigenvalue weighted by atomic mass is 10.0. The highest BCUT2D eigenvalue weighted by atomic mass is 32.2. The SMILES string of the molecule is Cc1cc(C)c(S(=O)(=O)NC(CNC(=O)COC2CC(C(N)c3ccccn3)N(C(=O)C(C)C)C2)C(=O)O)c(C)c1. The van der Waals surface area contributed by atoms with Gasteiger partial charge >= 0.3 is 5.97 Å². The Bertz CT molecular complexity index is 1340. The van der Waals surface area contributed by atoms with Crippen LogP contribution in [0.25, 0.3) is 0 Å². The van der Waals surface area contributed by atoms with Crippen molar-refractivity contribution in [3.63, 3.8) is 0 Å². The molecule has 0 spiro atoms. The molecule has 0 saturated carbocycles. The summed E-state index contributed by atoms with van der Waals surface area (Å²) in [4.78, 5) is 43.2. The van der Waals surface area contributed by atoms with Gasteiger partial charge in [0.05, 0.1) is 28.8 Å². The first-order valence-electron chi connectivity index (χ1n) is 13.4. The summed E-state index contributed by atoms with van der Waals surface area (Å²) in [7, 11) is -4.18. The number of carbonyl (C=O) groups is 3. The molecule has 1 saturated heterocycles. The summed E-state index contributed by atoms with van der Waals surface area (Å²) < 4.78 is 34.0. The number of rotatable bonds is 12. The van der Waals surface area contributed by atoms with E-state index in [9.17, 15) is 27.9 Å². The molecule has 1 aliphatic rings. The number of carboxylic acids is 1. The van der Waals surface area contributed by atoms with Crippen LogP contribution < -0.4 is 15.8 Å². The van der Waals surface area contributed by atoms with Gasteiger partial charge in [-0.15, -0.1) is 0 Å². The molecule has 4 unspecified atom stereocenters. The van der Waals surface area contributed by atoms with E-state index in [4.69, 9.17) is 10.5 Å². The smallest absolute Gasteiger partial charge is 0.323 e. The summed E-state index contributed by atoms with van der Waals surface area (Å²) in [5.74, 6) is -2.42. The van der Waals surface area contributed by atoms with Crippen LogP contribution in [0.3, 0.4) is 0 Å². The van der Waals surface area contributed by atoms with E-state index in [1.807, 2.05) is 13.0 Å². The molecule has 2 heterocycles. The number of nitrogens with zero attached hydrogens (tertiary/aromatic N) is 2. The molecule has 1 aromatic carbocycles. The minimum atomic E-state index is -4.18. The van der Waals surface area contributed by atoms with Crippen LogP contribution in [0.15, 0.2) is 41.4 Å². The largest absolute Gasteiger partial charge is 0.480 e. The maximum atomic E-state index is 13.0. The number of hydrogen-bond acceptors (Lipinski definition) is 8. The molecular weight excluding hydrogens is 550 g/mol. The maximum absolute atomic E-state index is 13.0. The molecule has 5 N–H and O–H groups in total. The lowest BCUT2D eigenvalue weighted by Crippen LogP contribution is -2.49. The first-order valence-corrected chi connectivity index (χ1v) is 14.9. The number of aryl methyl sites for hydroxylation is 3. The van der Waals surface area contributed by atoms with Crippen molar-refractivity contribution in [1.82, 2.24) is 19.9 Å². The van der Waals surface area contributed by atoms with E-state index in [1.54, 1.807) is 63.1 Å². The summed E-state index contributed by atoms with van der Waals surface area (Å²) in [6.07, 6.45) is 1.53. The molecule has 12 nitrogen and oxygen atoms in total. The van der Waals surface area contributed by atoms with Gasteiger partial charge in [-0.05, 0) is 50.5 Å². The fourth-order valence-electron chi connectivity index (χ4n) is 5.12. The van der Waals surface area contributed by atoms with Gasteiger partial charge in [0.2, 0.25) is 21.8 Å². The van der Waals surface area contributed by atoms with Gasteiger partial charge in [0.15, 0.2) is 0 Å². The third kappa shape index (κ3) is 8.09. The van der Waals surface area contributed by atoms with Gasteiger partial charge < -0.3 is 25.8 Å². The van der Waals surface area contributed by atoms with Crippen molar-refractivity contribution in [3.8, 4) is 0 Å². The van der Waals surface area contributed by atoms with Gasteiger partial charge in [0.1, 0.15) is 12.6 Å². The lowest BCUT2D eigenvalue weighted by molar-refractivity contribution is -0.139. The molecule has 2 amide bonds. The van der Waals surface area contributed by atoms with Gasteiger partial charge in [0, 0.05) is 25.2 Å². The quantitative estimate of drug-likeness (QED) is 0.283. The van der Waals surface area contributed by atoms with E-state index in [-0.39, 0.29) is 29.3 Å². The van der Waals surface area contributed by atoms with Crippen LogP contribution >= 0.6 is 0 Å². The number of sulfonamides is 1. The standard InChI is InChI=1S/C28H39N5O7S/c1-16(2)27(35)33-14-20(12-23(33)25(29)21-8-6-7-9-30-21)40-15-24(34)31-13-22(28(36)37)32-41(38,39)26-18(4)10-17(3)11-19(26)5/h6-11,16,20,22-23,25,32H,12-15,29H2,1-5H3,(H,31,34)(H,36,37). The fourth-order valence-corrected chi connectivity index (χ4v) is 6.76. The number of ether oxygens (including phenoxy) is 1.